The zero-order valence-corrected chi connectivity index (χ0v) is 7.08. The highest BCUT2D eigenvalue weighted by Gasteiger charge is 2.09. The van der Waals surface area contributed by atoms with E-state index in [1.807, 2.05) is 36.4 Å². The highest BCUT2D eigenvalue weighted by atomic mass is 16.2. The van der Waals surface area contributed by atoms with Gasteiger partial charge in [0.2, 0.25) is 0 Å². The molecule has 3 nitrogen and oxygen atoms in total. The number of hydrogen-bond acceptors (Lipinski definition) is 1. The van der Waals surface area contributed by atoms with E-state index in [0.717, 1.165) is 11.3 Å². The fourth-order valence-corrected chi connectivity index (χ4v) is 1.27. The van der Waals surface area contributed by atoms with Crippen LogP contribution in [0.3, 0.4) is 0 Å². The highest BCUT2D eigenvalue weighted by Crippen LogP contribution is 2.11. The number of hydrogen-bond donors (Lipinski definition) is 2. The van der Waals surface area contributed by atoms with E-state index in [0.29, 0.717) is 6.54 Å². The van der Waals surface area contributed by atoms with Crippen LogP contribution in [0, 0.1) is 0 Å². The molecule has 0 aliphatic carbocycles. The van der Waals surface area contributed by atoms with Crippen LogP contribution >= 0.6 is 0 Å². The second-order valence-electron chi connectivity index (χ2n) is 2.82. The van der Waals surface area contributed by atoms with Gasteiger partial charge in [-0.1, -0.05) is 30.3 Å². The van der Waals surface area contributed by atoms with Gasteiger partial charge in [0.15, 0.2) is 0 Å². The van der Waals surface area contributed by atoms with Crippen molar-refractivity contribution in [3.8, 4) is 0 Å². The maximum Gasteiger partial charge on any atom is 0.319 e. The molecule has 0 saturated carbocycles. The van der Waals surface area contributed by atoms with Crippen molar-refractivity contribution >= 4 is 11.7 Å². The maximum atomic E-state index is 11.0. The number of benzene rings is 1. The monoisotopic (exact) mass is 174 g/mol. The molecule has 0 unspecified atom stereocenters. The number of urea groups is 1. The third-order valence-electron chi connectivity index (χ3n) is 1.90. The van der Waals surface area contributed by atoms with E-state index in [-0.39, 0.29) is 6.03 Å². The summed E-state index contributed by atoms with van der Waals surface area (Å²) in [4.78, 5) is 11.0. The van der Waals surface area contributed by atoms with Crippen LogP contribution in [0.4, 0.5) is 4.79 Å². The lowest BCUT2D eigenvalue weighted by Crippen LogP contribution is -2.38. The van der Waals surface area contributed by atoms with Gasteiger partial charge in [-0.3, -0.25) is 0 Å². The van der Waals surface area contributed by atoms with Gasteiger partial charge in [-0.05, 0) is 11.6 Å². The lowest BCUT2D eigenvalue weighted by Gasteiger charge is -2.15. The summed E-state index contributed by atoms with van der Waals surface area (Å²) in [5.41, 5.74) is 1.92. The summed E-state index contributed by atoms with van der Waals surface area (Å²) in [6.45, 7) is 0.593. The Bertz CT molecular complexity index is 343. The summed E-state index contributed by atoms with van der Waals surface area (Å²) in [6.07, 6.45) is 1.96. The Hall–Kier alpha value is -1.77. The molecule has 1 aromatic carbocycles. The molecule has 2 N–H and O–H groups in total. The van der Waals surface area contributed by atoms with Gasteiger partial charge in [-0.2, -0.15) is 0 Å². The molecule has 0 radical (unpaired) electrons. The molecule has 66 valence electrons. The Morgan fingerprint density at radius 2 is 1.92 bits per heavy atom. The molecule has 0 spiro atoms. The molecule has 0 atom stereocenters. The molecule has 0 fully saturated rings. The fraction of sp³-hybridized carbons (Fsp3) is 0.100. The molecular weight excluding hydrogens is 164 g/mol. The number of nitrogens with one attached hydrogen (secondary N) is 2. The summed E-state index contributed by atoms with van der Waals surface area (Å²) in [5.74, 6) is 0. The summed E-state index contributed by atoms with van der Waals surface area (Å²) < 4.78 is 0. The number of amides is 2. The van der Waals surface area contributed by atoms with Crippen LogP contribution in [0.15, 0.2) is 36.4 Å². The average molecular weight is 174 g/mol. The molecule has 0 aromatic heterocycles. The Balaban J connectivity index is 2.27. The molecule has 2 amide bonds. The van der Waals surface area contributed by atoms with Crippen LogP contribution < -0.4 is 10.6 Å². The van der Waals surface area contributed by atoms with Crippen molar-refractivity contribution in [2.45, 2.75) is 0 Å². The fourth-order valence-electron chi connectivity index (χ4n) is 1.27. The van der Waals surface area contributed by atoms with Crippen LogP contribution in [0.1, 0.15) is 5.56 Å². The van der Waals surface area contributed by atoms with Crippen molar-refractivity contribution in [2.24, 2.45) is 0 Å². The van der Waals surface area contributed by atoms with E-state index in [1.165, 1.54) is 0 Å². The van der Waals surface area contributed by atoms with Crippen LogP contribution in [0.25, 0.3) is 5.70 Å². The molecule has 1 aromatic rings. The van der Waals surface area contributed by atoms with Gasteiger partial charge in [0.1, 0.15) is 0 Å². The Kier molecular flexibility index (Phi) is 2.00. The lowest BCUT2D eigenvalue weighted by atomic mass is 10.1. The van der Waals surface area contributed by atoms with Gasteiger partial charge in [-0.15, -0.1) is 0 Å². The summed E-state index contributed by atoms with van der Waals surface area (Å²) in [5, 5.41) is 5.40. The van der Waals surface area contributed by atoms with Crippen molar-refractivity contribution in [3.05, 3.63) is 42.0 Å². The highest BCUT2D eigenvalue weighted by molar-refractivity contribution is 5.87. The van der Waals surface area contributed by atoms with E-state index >= 15 is 0 Å². The molecule has 0 bridgehead atoms. The number of rotatable bonds is 1. The first-order valence-corrected chi connectivity index (χ1v) is 4.17. The van der Waals surface area contributed by atoms with Gasteiger partial charge < -0.3 is 10.6 Å². The van der Waals surface area contributed by atoms with E-state index in [2.05, 4.69) is 10.6 Å². The topological polar surface area (TPSA) is 41.1 Å². The zero-order valence-electron chi connectivity index (χ0n) is 7.08. The summed E-state index contributed by atoms with van der Waals surface area (Å²) in [6, 6.07) is 9.65. The number of carbonyl (C=O) groups excluding carboxylic acids is 1. The largest absolute Gasteiger partial charge is 0.334 e. The first kappa shape index (κ1) is 7.86. The van der Waals surface area contributed by atoms with Gasteiger partial charge >= 0.3 is 6.03 Å². The minimum Gasteiger partial charge on any atom is -0.334 e. The quantitative estimate of drug-likeness (QED) is 0.662. The van der Waals surface area contributed by atoms with Crippen molar-refractivity contribution in [2.75, 3.05) is 6.54 Å². The normalized spacial score (nSPS) is 15.7. The molecule has 2 rings (SSSR count). The molecule has 13 heavy (non-hydrogen) atoms. The van der Waals surface area contributed by atoms with E-state index in [1.54, 1.807) is 0 Å². The first-order valence-electron chi connectivity index (χ1n) is 4.17. The second kappa shape index (κ2) is 3.31. The van der Waals surface area contributed by atoms with Crippen molar-refractivity contribution < 1.29 is 4.79 Å². The third-order valence-corrected chi connectivity index (χ3v) is 1.90. The Morgan fingerprint density at radius 3 is 2.62 bits per heavy atom. The standard InChI is InChI=1S/C10H10N2O/c13-10-11-7-6-9(12-10)8-4-2-1-3-5-8/h1-6H,7H2,(H2,11,12,13). The summed E-state index contributed by atoms with van der Waals surface area (Å²) in [7, 11) is 0. The Morgan fingerprint density at radius 1 is 1.15 bits per heavy atom. The smallest absolute Gasteiger partial charge is 0.319 e. The average Bonchev–Trinajstić information content (AvgIpc) is 2.19. The minimum absolute atomic E-state index is 0.138. The first-order chi connectivity index (χ1) is 6.36. The van der Waals surface area contributed by atoms with Gasteiger partial charge in [-0.25, -0.2) is 4.79 Å². The van der Waals surface area contributed by atoms with Gasteiger partial charge in [0.25, 0.3) is 0 Å². The minimum atomic E-state index is -0.138. The molecule has 3 heteroatoms. The summed E-state index contributed by atoms with van der Waals surface area (Å²) >= 11 is 0. The SMILES string of the molecule is O=C1NCC=C(c2ccccc2)N1. The van der Waals surface area contributed by atoms with Crippen LogP contribution in [-0.4, -0.2) is 12.6 Å². The van der Waals surface area contributed by atoms with Gasteiger partial charge in [0, 0.05) is 12.2 Å². The molecular formula is C10H10N2O. The van der Waals surface area contributed by atoms with E-state index in [4.69, 9.17) is 0 Å². The van der Waals surface area contributed by atoms with E-state index < -0.39 is 0 Å². The number of carbonyl (C=O) groups is 1. The van der Waals surface area contributed by atoms with Crippen LogP contribution in [-0.2, 0) is 0 Å². The zero-order chi connectivity index (χ0) is 9.10. The molecule has 0 saturated heterocycles. The molecule has 1 heterocycles. The second-order valence-corrected chi connectivity index (χ2v) is 2.82. The predicted octanol–water partition coefficient (Wildman–Crippen LogP) is 1.34. The predicted molar refractivity (Wildman–Crippen MR) is 51.0 cm³/mol. The van der Waals surface area contributed by atoms with Crippen molar-refractivity contribution in [1.29, 1.82) is 0 Å². The van der Waals surface area contributed by atoms with Crippen molar-refractivity contribution in [1.82, 2.24) is 10.6 Å². The van der Waals surface area contributed by atoms with Crippen molar-refractivity contribution in [3.63, 3.8) is 0 Å². The molecule has 1 aliphatic rings. The van der Waals surface area contributed by atoms with E-state index in [9.17, 15) is 4.79 Å². The molecule has 1 aliphatic heterocycles. The maximum absolute atomic E-state index is 11.0. The van der Waals surface area contributed by atoms with Crippen LogP contribution in [0.5, 0.6) is 0 Å². The Labute approximate surface area is 76.5 Å². The van der Waals surface area contributed by atoms with Gasteiger partial charge in [0.05, 0.1) is 0 Å². The van der Waals surface area contributed by atoms with Crippen LogP contribution in [0.2, 0.25) is 0 Å². The third kappa shape index (κ3) is 1.69. The lowest BCUT2D eigenvalue weighted by molar-refractivity contribution is 0.245.